The van der Waals surface area contributed by atoms with Crippen LogP contribution in [-0.2, 0) is 9.53 Å². The highest BCUT2D eigenvalue weighted by molar-refractivity contribution is 6.34. The fourth-order valence-electron chi connectivity index (χ4n) is 2.44. The van der Waals surface area contributed by atoms with Crippen LogP contribution < -0.4 is 0 Å². The number of ether oxygens (including phenoxy) is 1. The van der Waals surface area contributed by atoms with E-state index in [2.05, 4.69) is 0 Å². The summed E-state index contributed by atoms with van der Waals surface area (Å²) >= 11 is 5.82. The quantitative estimate of drug-likeness (QED) is 0.923. The molecule has 1 N–H and O–H groups in total. The summed E-state index contributed by atoms with van der Waals surface area (Å²) in [5.74, 6) is -2.99. The van der Waals surface area contributed by atoms with Crippen LogP contribution in [-0.4, -0.2) is 47.7 Å². The number of hydrogen-bond acceptors (Lipinski definition) is 3. The molecule has 21 heavy (non-hydrogen) atoms. The van der Waals surface area contributed by atoms with Crippen molar-refractivity contribution in [1.82, 2.24) is 4.90 Å². The molecule has 114 valence electrons. The van der Waals surface area contributed by atoms with E-state index in [1.54, 1.807) is 6.92 Å². The number of rotatable bonds is 4. The van der Waals surface area contributed by atoms with Crippen LogP contribution >= 0.6 is 11.6 Å². The van der Waals surface area contributed by atoms with E-state index in [1.807, 2.05) is 0 Å². The smallest absolute Gasteiger partial charge is 0.311 e. The molecule has 7 heteroatoms. The van der Waals surface area contributed by atoms with Crippen LogP contribution in [0.25, 0.3) is 0 Å². The van der Waals surface area contributed by atoms with E-state index in [1.165, 1.54) is 17.0 Å². The number of amides is 1. The molecule has 1 aromatic carbocycles. The monoisotopic (exact) mass is 315 g/mol. The molecule has 2 unspecified atom stereocenters. The topological polar surface area (TPSA) is 66.8 Å². The van der Waals surface area contributed by atoms with E-state index in [0.717, 1.165) is 6.07 Å². The summed E-state index contributed by atoms with van der Waals surface area (Å²) < 4.78 is 18.6. The molecule has 1 aliphatic rings. The van der Waals surface area contributed by atoms with Gasteiger partial charge < -0.3 is 14.7 Å². The van der Waals surface area contributed by atoms with Gasteiger partial charge in [-0.1, -0.05) is 17.7 Å². The van der Waals surface area contributed by atoms with E-state index >= 15 is 0 Å². The Kier molecular flexibility index (Phi) is 4.80. The van der Waals surface area contributed by atoms with Gasteiger partial charge >= 0.3 is 5.97 Å². The number of carboxylic acids is 1. The molecule has 1 aromatic rings. The molecule has 0 radical (unpaired) electrons. The van der Waals surface area contributed by atoms with Crippen molar-refractivity contribution >= 4 is 23.5 Å². The van der Waals surface area contributed by atoms with Crippen LogP contribution in [0.1, 0.15) is 17.3 Å². The minimum absolute atomic E-state index is 0.0227. The minimum Gasteiger partial charge on any atom is -0.481 e. The number of benzene rings is 1. The van der Waals surface area contributed by atoms with Gasteiger partial charge in [0, 0.05) is 6.54 Å². The lowest BCUT2D eigenvalue weighted by Crippen LogP contribution is -2.46. The molecule has 1 amide bonds. The third-order valence-electron chi connectivity index (χ3n) is 3.55. The predicted octanol–water partition coefficient (Wildman–Crippen LogP) is 2.04. The van der Waals surface area contributed by atoms with E-state index in [0.29, 0.717) is 0 Å². The Morgan fingerprint density at radius 1 is 1.48 bits per heavy atom. The molecule has 1 heterocycles. The second kappa shape index (κ2) is 6.41. The first-order chi connectivity index (χ1) is 9.97. The normalized spacial score (nSPS) is 21.3. The van der Waals surface area contributed by atoms with Crippen LogP contribution in [0.15, 0.2) is 18.2 Å². The third kappa shape index (κ3) is 3.01. The minimum atomic E-state index is -1.02. The third-order valence-corrected chi connectivity index (χ3v) is 3.94. The van der Waals surface area contributed by atoms with Crippen LogP contribution in [0.4, 0.5) is 4.39 Å². The van der Waals surface area contributed by atoms with Gasteiger partial charge in [-0.2, -0.15) is 0 Å². The zero-order valence-corrected chi connectivity index (χ0v) is 12.1. The number of aliphatic carboxylic acids is 1. The van der Waals surface area contributed by atoms with Crippen molar-refractivity contribution in [3.63, 3.8) is 0 Å². The SMILES string of the molecule is CCN(C(=O)c1cccc(F)c1Cl)C1COCC1C(=O)O. The number of carbonyl (C=O) groups is 2. The maximum atomic E-state index is 13.5. The van der Waals surface area contributed by atoms with Gasteiger partial charge in [0.05, 0.1) is 29.8 Å². The van der Waals surface area contributed by atoms with Crippen molar-refractivity contribution in [2.45, 2.75) is 13.0 Å². The summed E-state index contributed by atoms with van der Waals surface area (Å²) in [6, 6.07) is 3.39. The lowest BCUT2D eigenvalue weighted by molar-refractivity contribution is -0.142. The molecule has 1 fully saturated rings. The molecular weight excluding hydrogens is 301 g/mol. The fraction of sp³-hybridized carbons (Fsp3) is 0.429. The molecule has 0 spiro atoms. The van der Waals surface area contributed by atoms with E-state index < -0.39 is 29.7 Å². The van der Waals surface area contributed by atoms with Crippen LogP contribution in [0, 0.1) is 11.7 Å². The van der Waals surface area contributed by atoms with Crippen molar-refractivity contribution in [2.75, 3.05) is 19.8 Å². The molecule has 1 aliphatic heterocycles. The van der Waals surface area contributed by atoms with Crippen LogP contribution in [0.2, 0.25) is 5.02 Å². The average Bonchev–Trinajstić information content (AvgIpc) is 2.92. The molecule has 2 atom stereocenters. The second-order valence-corrected chi connectivity index (χ2v) is 5.12. The molecule has 1 saturated heterocycles. The van der Waals surface area contributed by atoms with Crippen molar-refractivity contribution in [2.24, 2.45) is 5.92 Å². The lowest BCUT2D eigenvalue weighted by Gasteiger charge is -2.29. The number of halogens is 2. The summed E-state index contributed by atoms with van der Waals surface area (Å²) in [5.41, 5.74) is 0.0227. The van der Waals surface area contributed by atoms with Gasteiger partial charge in [-0.15, -0.1) is 0 Å². The summed E-state index contributed by atoms with van der Waals surface area (Å²) in [6.07, 6.45) is 0. The first-order valence-electron chi connectivity index (χ1n) is 6.52. The van der Waals surface area contributed by atoms with Crippen molar-refractivity contribution < 1.29 is 23.8 Å². The first-order valence-corrected chi connectivity index (χ1v) is 6.90. The molecule has 2 rings (SSSR count). The lowest BCUT2D eigenvalue weighted by atomic mass is 10.0. The Balaban J connectivity index is 2.30. The standard InChI is InChI=1S/C14H15ClFNO4/c1-2-17(11-7-21-6-9(11)14(19)20)13(18)8-4-3-5-10(16)12(8)15/h3-5,9,11H,2,6-7H2,1H3,(H,19,20). The van der Waals surface area contributed by atoms with Gasteiger partial charge in [-0.25, -0.2) is 4.39 Å². The molecular formula is C14H15ClFNO4. The van der Waals surface area contributed by atoms with E-state index in [9.17, 15) is 19.1 Å². The van der Waals surface area contributed by atoms with Crippen molar-refractivity contribution in [3.8, 4) is 0 Å². The molecule has 0 saturated carbocycles. The number of nitrogens with zero attached hydrogens (tertiary/aromatic N) is 1. The van der Waals surface area contributed by atoms with Crippen molar-refractivity contribution in [1.29, 1.82) is 0 Å². The Morgan fingerprint density at radius 2 is 2.19 bits per heavy atom. The zero-order chi connectivity index (χ0) is 15.6. The van der Waals surface area contributed by atoms with Gasteiger partial charge in [0.15, 0.2) is 0 Å². The second-order valence-electron chi connectivity index (χ2n) is 4.74. The first kappa shape index (κ1) is 15.7. The largest absolute Gasteiger partial charge is 0.481 e. The molecule has 0 aromatic heterocycles. The Bertz CT molecular complexity index is 566. The van der Waals surface area contributed by atoms with Crippen molar-refractivity contribution in [3.05, 3.63) is 34.6 Å². The zero-order valence-electron chi connectivity index (χ0n) is 11.4. The summed E-state index contributed by atoms with van der Waals surface area (Å²) in [6.45, 7) is 2.20. The molecule has 5 nitrogen and oxygen atoms in total. The highest BCUT2D eigenvalue weighted by Crippen LogP contribution is 2.25. The average molecular weight is 316 g/mol. The van der Waals surface area contributed by atoms with Gasteiger partial charge in [0.25, 0.3) is 5.91 Å². The Labute approximate surface area is 126 Å². The summed E-state index contributed by atoms with van der Waals surface area (Å²) in [5, 5.41) is 8.92. The molecule has 0 bridgehead atoms. The Hall–Kier alpha value is -1.66. The highest BCUT2D eigenvalue weighted by Gasteiger charge is 2.40. The number of likely N-dealkylation sites (N-methyl/N-ethyl adjacent to an activating group) is 1. The fourth-order valence-corrected chi connectivity index (χ4v) is 2.65. The number of hydrogen-bond donors (Lipinski definition) is 1. The maximum absolute atomic E-state index is 13.5. The van der Waals surface area contributed by atoms with Gasteiger partial charge in [-0.3, -0.25) is 9.59 Å². The van der Waals surface area contributed by atoms with Gasteiger partial charge in [0.1, 0.15) is 11.7 Å². The van der Waals surface area contributed by atoms with E-state index in [4.69, 9.17) is 16.3 Å². The number of carbonyl (C=O) groups excluding carboxylic acids is 1. The van der Waals surface area contributed by atoms with Crippen LogP contribution in [0.3, 0.4) is 0 Å². The Morgan fingerprint density at radius 3 is 2.81 bits per heavy atom. The van der Waals surface area contributed by atoms with Gasteiger partial charge in [0.2, 0.25) is 0 Å². The molecule has 0 aliphatic carbocycles. The van der Waals surface area contributed by atoms with E-state index in [-0.39, 0.29) is 30.3 Å². The predicted molar refractivity (Wildman–Crippen MR) is 73.9 cm³/mol. The van der Waals surface area contributed by atoms with Crippen LogP contribution in [0.5, 0.6) is 0 Å². The maximum Gasteiger partial charge on any atom is 0.311 e. The van der Waals surface area contributed by atoms with Gasteiger partial charge in [-0.05, 0) is 19.1 Å². The summed E-state index contributed by atoms with van der Waals surface area (Å²) in [4.78, 5) is 25.1. The number of carboxylic acid groups (broad SMARTS) is 1. The highest BCUT2D eigenvalue weighted by atomic mass is 35.5. The summed E-state index contributed by atoms with van der Waals surface area (Å²) in [7, 11) is 0.